The maximum atomic E-state index is 12.7. The molecule has 0 atom stereocenters. The molecule has 1 amide bonds. The molecule has 0 spiro atoms. The van der Waals surface area contributed by atoms with E-state index in [2.05, 4.69) is 21.2 Å². The van der Waals surface area contributed by atoms with Crippen LogP contribution in [0.5, 0.6) is 11.5 Å². The van der Waals surface area contributed by atoms with Crippen molar-refractivity contribution in [3.8, 4) is 17.6 Å². The van der Waals surface area contributed by atoms with Gasteiger partial charge in [0.1, 0.15) is 18.2 Å². The Morgan fingerprint density at radius 2 is 1.91 bits per heavy atom. The second-order valence-corrected chi connectivity index (χ2v) is 8.90. The molecule has 34 heavy (non-hydrogen) atoms. The Balaban J connectivity index is 1.85. The Labute approximate surface area is 213 Å². The number of halogens is 2. The van der Waals surface area contributed by atoms with Crippen molar-refractivity contribution in [2.24, 2.45) is 0 Å². The number of benzene rings is 3. The first-order valence-corrected chi connectivity index (χ1v) is 11.8. The van der Waals surface area contributed by atoms with E-state index in [9.17, 15) is 10.1 Å². The van der Waals surface area contributed by atoms with Gasteiger partial charge in [0, 0.05) is 10.7 Å². The summed E-state index contributed by atoms with van der Waals surface area (Å²) in [6.45, 7) is 6.56. The van der Waals surface area contributed by atoms with Gasteiger partial charge in [0.2, 0.25) is 0 Å². The third kappa shape index (κ3) is 6.63. The van der Waals surface area contributed by atoms with E-state index in [0.717, 1.165) is 16.7 Å². The standard InChI is InChI=1S/C27H24BrClN2O3/c1-4-33-25-14-20(13-24(28)26(25)34-16-19-6-5-7-22(29)12-19)11-21(15-30)27(32)31-23-9-8-17(2)18(3)10-23/h5-14H,4,16H2,1-3H3,(H,31,32)/b21-11+. The molecule has 0 fully saturated rings. The number of aryl methyl sites for hydroxylation is 2. The maximum Gasteiger partial charge on any atom is 0.266 e. The van der Waals surface area contributed by atoms with Crippen molar-refractivity contribution < 1.29 is 14.3 Å². The zero-order valence-electron chi connectivity index (χ0n) is 19.1. The number of hydrogen-bond acceptors (Lipinski definition) is 4. The van der Waals surface area contributed by atoms with Gasteiger partial charge in [0.15, 0.2) is 11.5 Å². The van der Waals surface area contributed by atoms with E-state index in [1.807, 2.05) is 63.2 Å². The molecule has 174 valence electrons. The first-order valence-electron chi connectivity index (χ1n) is 10.6. The molecule has 7 heteroatoms. The van der Waals surface area contributed by atoms with Gasteiger partial charge in [-0.25, -0.2) is 0 Å². The number of hydrogen-bond donors (Lipinski definition) is 1. The van der Waals surface area contributed by atoms with Crippen molar-refractivity contribution in [2.75, 3.05) is 11.9 Å². The molecule has 0 bridgehead atoms. The van der Waals surface area contributed by atoms with Crippen LogP contribution in [0.1, 0.15) is 29.2 Å². The number of amides is 1. The van der Waals surface area contributed by atoms with Gasteiger partial charge < -0.3 is 14.8 Å². The predicted octanol–water partition coefficient (Wildman–Crippen LogP) is 7.24. The summed E-state index contributed by atoms with van der Waals surface area (Å²) in [5.41, 5.74) is 4.33. The highest BCUT2D eigenvalue weighted by Gasteiger charge is 2.15. The fourth-order valence-corrected chi connectivity index (χ4v) is 3.98. The van der Waals surface area contributed by atoms with E-state index in [1.165, 1.54) is 6.08 Å². The molecule has 3 rings (SSSR count). The van der Waals surface area contributed by atoms with Gasteiger partial charge in [0.25, 0.3) is 5.91 Å². The van der Waals surface area contributed by atoms with Gasteiger partial charge in [-0.2, -0.15) is 5.26 Å². The highest BCUT2D eigenvalue weighted by molar-refractivity contribution is 9.10. The minimum absolute atomic E-state index is 0.0276. The van der Waals surface area contributed by atoms with Gasteiger partial charge in [-0.05, 0) is 101 Å². The molecule has 0 saturated carbocycles. The maximum absolute atomic E-state index is 12.7. The van der Waals surface area contributed by atoms with Crippen molar-refractivity contribution in [2.45, 2.75) is 27.4 Å². The largest absolute Gasteiger partial charge is 0.490 e. The number of anilines is 1. The fraction of sp³-hybridized carbons (Fsp3) is 0.185. The van der Waals surface area contributed by atoms with Crippen LogP contribution >= 0.6 is 27.5 Å². The lowest BCUT2D eigenvalue weighted by atomic mass is 10.1. The monoisotopic (exact) mass is 538 g/mol. The van der Waals surface area contributed by atoms with Crippen LogP contribution in [0, 0.1) is 25.2 Å². The Morgan fingerprint density at radius 3 is 2.59 bits per heavy atom. The predicted molar refractivity (Wildman–Crippen MR) is 139 cm³/mol. The summed E-state index contributed by atoms with van der Waals surface area (Å²) >= 11 is 9.59. The van der Waals surface area contributed by atoms with Crippen molar-refractivity contribution in [1.29, 1.82) is 5.26 Å². The molecular weight excluding hydrogens is 516 g/mol. The number of carbonyl (C=O) groups is 1. The molecule has 0 aliphatic heterocycles. The number of nitrogens with one attached hydrogen (secondary N) is 1. The smallest absolute Gasteiger partial charge is 0.266 e. The Morgan fingerprint density at radius 1 is 1.12 bits per heavy atom. The van der Waals surface area contributed by atoms with Crippen molar-refractivity contribution >= 4 is 45.2 Å². The molecular formula is C27H24BrClN2O3. The van der Waals surface area contributed by atoms with Crippen LogP contribution in [0.4, 0.5) is 5.69 Å². The minimum Gasteiger partial charge on any atom is -0.490 e. The second-order valence-electron chi connectivity index (χ2n) is 7.60. The summed E-state index contributed by atoms with van der Waals surface area (Å²) in [6, 6.07) is 18.5. The Bertz CT molecular complexity index is 1280. The lowest BCUT2D eigenvalue weighted by Crippen LogP contribution is -2.13. The van der Waals surface area contributed by atoms with E-state index in [4.69, 9.17) is 21.1 Å². The quantitative estimate of drug-likeness (QED) is 0.242. The number of nitrogens with zero attached hydrogens (tertiary/aromatic N) is 1. The molecule has 0 heterocycles. The van der Waals surface area contributed by atoms with Crippen LogP contribution in [-0.4, -0.2) is 12.5 Å². The third-order valence-corrected chi connectivity index (χ3v) is 5.87. The van der Waals surface area contributed by atoms with E-state index in [0.29, 0.717) is 45.5 Å². The topological polar surface area (TPSA) is 71.3 Å². The summed E-state index contributed by atoms with van der Waals surface area (Å²) in [5.74, 6) is 0.537. The van der Waals surface area contributed by atoms with Crippen LogP contribution in [0.3, 0.4) is 0 Å². The minimum atomic E-state index is -0.485. The zero-order valence-corrected chi connectivity index (χ0v) is 21.5. The summed E-state index contributed by atoms with van der Waals surface area (Å²) in [4.78, 5) is 12.7. The van der Waals surface area contributed by atoms with E-state index in [1.54, 1.807) is 18.2 Å². The number of ether oxygens (including phenoxy) is 2. The van der Waals surface area contributed by atoms with Gasteiger partial charge in [-0.1, -0.05) is 29.8 Å². The normalized spacial score (nSPS) is 11.0. The van der Waals surface area contributed by atoms with Crippen LogP contribution in [0.2, 0.25) is 5.02 Å². The highest BCUT2D eigenvalue weighted by atomic mass is 79.9. The lowest BCUT2D eigenvalue weighted by Gasteiger charge is -2.15. The lowest BCUT2D eigenvalue weighted by molar-refractivity contribution is -0.112. The highest BCUT2D eigenvalue weighted by Crippen LogP contribution is 2.38. The molecule has 3 aromatic rings. The second kappa shape index (κ2) is 11.7. The number of rotatable bonds is 8. The first-order chi connectivity index (χ1) is 16.3. The van der Waals surface area contributed by atoms with Gasteiger partial charge >= 0.3 is 0 Å². The number of carbonyl (C=O) groups excluding carboxylic acids is 1. The van der Waals surface area contributed by atoms with Gasteiger partial charge in [-0.3, -0.25) is 4.79 Å². The summed E-state index contributed by atoms with van der Waals surface area (Å²) in [5, 5.41) is 13.0. The van der Waals surface area contributed by atoms with Crippen molar-refractivity contribution in [3.05, 3.63) is 91.9 Å². The van der Waals surface area contributed by atoms with Crippen LogP contribution in [0.15, 0.2) is 64.6 Å². The van der Waals surface area contributed by atoms with Crippen molar-refractivity contribution in [1.82, 2.24) is 0 Å². The third-order valence-electron chi connectivity index (χ3n) is 5.04. The van der Waals surface area contributed by atoms with E-state index >= 15 is 0 Å². The van der Waals surface area contributed by atoms with Crippen LogP contribution < -0.4 is 14.8 Å². The zero-order chi connectivity index (χ0) is 24.7. The van der Waals surface area contributed by atoms with Crippen LogP contribution in [-0.2, 0) is 11.4 Å². The SMILES string of the molecule is CCOc1cc(/C=C(\C#N)C(=O)Nc2ccc(C)c(C)c2)cc(Br)c1OCc1cccc(Cl)c1. The molecule has 0 saturated heterocycles. The summed E-state index contributed by atoms with van der Waals surface area (Å²) < 4.78 is 12.4. The first kappa shape index (κ1) is 25.4. The molecule has 0 aromatic heterocycles. The van der Waals surface area contributed by atoms with E-state index in [-0.39, 0.29) is 5.57 Å². The molecule has 3 aromatic carbocycles. The summed E-state index contributed by atoms with van der Waals surface area (Å²) in [7, 11) is 0. The van der Waals surface area contributed by atoms with Crippen molar-refractivity contribution in [3.63, 3.8) is 0 Å². The average molecular weight is 540 g/mol. The molecule has 0 aliphatic rings. The number of nitriles is 1. The summed E-state index contributed by atoms with van der Waals surface area (Å²) in [6.07, 6.45) is 1.52. The van der Waals surface area contributed by atoms with Crippen LogP contribution in [0.25, 0.3) is 6.08 Å². The van der Waals surface area contributed by atoms with E-state index < -0.39 is 5.91 Å². The van der Waals surface area contributed by atoms with Gasteiger partial charge in [-0.15, -0.1) is 0 Å². The average Bonchev–Trinajstić information content (AvgIpc) is 2.79. The van der Waals surface area contributed by atoms with Gasteiger partial charge in [0.05, 0.1) is 11.1 Å². The molecule has 0 radical (unpaired) electrons. The molecule has 1 N–H and O–H groups in total. The molecule has 0 aliphatic carbocycles. The Hall–Kier alpha value is -3.27. The fourth-order valence-electron chi connectivity index (χ4n) is 3.19. The molecule has 5 nitrogen and oxygen atoms in total. The Kier molecular flexibility index (Phi) is 8.75. The molecule has 0 unspecified atom stereocenters.